The van der Waals surface area contributed by atoms with Crippen LogP contribution in [0.25, 0.3) is 22.0 Å². The van der Waals surface area contributed by atoms with Crippen molar-refractivity contribution in [2.75, 3.05) is 26.8 Å². The summed E-state index contributed by atoms with van der Waals surface area (Å²) in [6.07, 6.45) is 0.944. The fourth-order valence-electron chi connectivity index (χ4n) is 4.77. The second-order valence-corrected chi connectivity index (χ2v) is 10.8. The fraction of sp³-hybridized carbons (Fsp3) is 0.433. The van der Waals surface area contributed by atoms with Crippen molar-refractivity contribution >= 4 is 22.9 Å². The Labute approximate surface area is 233 Å². The molecule has 1 N–H and O–H groups in total. The van der Waals surface area contributed by atoms with Crippen LogP contribution >= 0.6 is 0 Å². The lowest BCUT2D eigenvalue weighted by Gasteiger charge is -2.27. The number of aromatic nitrogens is 1. The molecule has 1 aromatic heterocycles. The van der Waals surface area contributed by atoms with E-state index in [-0.39, 0.29) is 19.6 Å². The van der Waals surface area contributed by atoms with Gasteiger partial charge in [0.25, 0.3) is 5.91 Å². The van der Waals surface area contributed by atoms with Crippen molar-refractivity contribution in [2.24, 2.45) is 7.05 Å². The lowest BCUT2D eigenvalue weighted by molar-refractivity contribution is -0.133. The summed E-state index contributed by atoms with van der Waals surface area (Å²) in [4.78, 5) is 27.0. The third-order valence-electron chi connectivity index (χ3n) is 6.70. The molecule has 10 heteroatoms. The number of methoxy groups -OCH3 is 1. The molecule has 40 heavy (non-hydrogen) atoms. The summed E-state index contributed by atoms with van der Waals surface area (Å²) in [5.41, 5.74) is 2.07. The topological polar surface area (TPSA) is 106 Å². The van der Waals surface area contributed by atoms with E-state index in [0.717, 1.165) is 22.2 Å². The maximum absolute atomic E-state index is 15.3. The number of carbonyl (C=O) groups is 2. The third-order valence-corrected chi connectivity index (χ3v) is 6.70. The van der Waals surface area contributed by atoms with Crippen molar-refractivity contribution in [3.63, 3.8) is 0 Å². The van der Waals surface area contributed by atoms with Gasteiger partial charge in [-0.2, -0.15) is 5.26 Å². The molecule has 0 unspecified atom stereocenters. The van der Waals surface area contributed by atoms with Crippen molar-refractivity contribution in [1.29, 1.82) is 5.26 Å². The normalized spacial score (nSPS) is 16.6. The number of ether oxygens (including phenoxy) is 3. The van der Waals surface area contributed by atoms with Gasteiger partial charge in [-0.15, -0.1) is 0 Å². The second-order valence-electron chi connectivity index (χ2n) is 10.8. The summed E-state index contributed by atoms with van der Waals surface area (Å²) in [6.45, 7) is 5.98. The molecule has 0 bridgehead atoms. The molecule has 1 fully saturated rings. The number of benzene rings is 2. The molecule has 2 atom stereocenters. The van der Waals surface area contributed by atoms with Crippen LogP contribution in [0, 0.1) is 17.1 Å². The van der Waals surface area contributed by atoms with Gasteiger partial charge in [0.1, 0.15) is 23.2 Å². The van der Waals surface area contributed by atoms with Gasteiger partial charge >= 0.3 is 6.09 Å². The fourth-order valence-corrected chi connectivity index (χ4v) is 4.77. The zero-order valence-electron chi connectivity index (χ0n) is 23.5. The Kier molecular flexibility index (Phi) is 8.64. The Morgan fingerprint density at radius 3 is 2.70 bits per heavy atom. The van der Waals surface area contributed by atoms with Crippen molar-refractivity contribution < 1.29 is 28.2 Å². The van der Waals surface area contributed by atoms with Crippen LogP contribution in [0.5, 0.6) is 5.75 Å². The van der Waals surface area contributed by atoms with Crippen LogP contribution < -0.4 is 10.1 Å². The number of hydrogen-bond donors (Lipinski definition) is 1. The van der Waals surface area contributed by atoms with Crippen LogP contribution in [0.1, 0.15) is 32.8 Å². The van der Waals surface area contributed by atoms with Gasteiger partial charge in [-0.25, -0.2) is 9.18 Å². The standard InChI is InChI=1S/C30H35FN4O5/c1-30(2,3)40-29(37)35-12-6-14-39-26(18-35)28(36)33-21(17-32)15-20-8-7-19(16-24(20)31)22-9-10-25(38-5)27-23(22)11-13-34(27)4/h7-11,13,16,21,26H,6,12,14-15,18H2,1-5H3,(H,33,36)/t21-,26-/m0/s1. The third kappa shape index (κ3) is 6.54. The quantitative estimate of drug-likeness (QED) is 0.482. The van der Waals surface area contributed by atoms with Gasteiger partial charge in [0.15, 0.2) is 6.10 Å². The number of carbonyl (C=O) groups excluding carboxylic acids is 2. The molecule has 0 saturated carbocycles. The molecule has 0 aliphatic carbocycles. The Bertz CT molecular complexity index is 1440. The predicted octanol–water partition coefficient (Wildman–Crippen LogP) is 4.57. The van der Waals surface area contributed by atoms with Crippen LogP contribution in [-0.2, 0) is 27.7 Å². The van der Waals surface area contributed by atoms with E-state index in [9.17, 15) is 14.9 Å². The average Bonchev–Trinajstić information content (AvgIpc) is 3.13. The molecule has 9 nitrogen and oxygen atoms in total. The van der Waals surface area contributed by atoms with Crippen molar-refractivity contribution in [2.45, 2.75) is 51.4 Å². The molecular formula is C30H35FN4O5. The largest absolute Gasteiger partial charge is 0.495 e. The smallest absolute Gasteiger partial charge is 0.410 e. The van der Waals surface area contributed by atoms with Crippen LogP contribution in [0.15, 0.2) is 42.6 Å². The molecule has 2 heterocycles. The van der Waals surface area contributed by atoms with E-state index < -0.39 is 35.6 Å². The minimum absolute atomic E-state index is 0.00221. The first kappa shape index (κ1) is 28.9. The summed E-state index contributed by atoms with van der Waals surface area (Å²) in [5, 5.41) is 13.3. The number of amides is 2. The lowest BCUT2D eigenvalue weighted by Crippen LogP contribution is -2.48. The maximum atomic E-state index is 15.3. The Balaban J connectivity index is 1.46. The molecule has 212 valence electrons. The maximum Gasteiger partial charge on any atom is 0.410 e. The number of aryl methyl sites for hydroxylation is 1. The van der Waals surface area contributed by atoms with Gasteiger partial charge in [0.05, 0.1) is 25.2 Å². The zero-order chi connectivity index (χ0) is 29.0. The molecule has 1 saturated heterocycles. The molecule has 0 spiro atoms. The molecule has 0 radical (unpaired) electrons. The van der Waals surface area contributed by atoms with Gasteiger partial charge in [0, 0.05) is 38.2 Å². The summed E-state index contributed by atoms with van der Waals surface area (Å²) < 4.78 is 33.8. The Morgan fingerprint density at radius 1 is 1.25 bits per heavy atom. The average molecular weight is 551 g/mol. The van der Waals surface area contributed by atoms with E-state index >= 15 is 4.39 Å². The minimum Gasteiger partial charge on any atom is -0.495 e. The second kappa shape index (κ2) is 12.0. The molecule has 2 aromatic carbocycles. The van der Waals surface area contributed by atoms with E-state index in [1.54, 1.807) is 40.0 Å². The van der Waals surface area contributed by atoms with Gasteiger partial charge in [-0.3, -0.25) is 4.79 Å². The minimum atomic E-state index is -0.989. The summed E-state index contributed by atoms with van der Waals surface area (Å²) >= 11 is 0. The SMILES string of the molecule is COc1ccc(-c2ccc(C[C@@H](C#N)NC(=O)[C@@H]3CN(C(=O)OC(C)(C)C)CCCO3)c(F)c2)c2ccn(C)c12. The highest BCUT2D eigenvalue weighted by Gasteiger charge is 2.31. The molecule has 4 rings (SSSR count). The summed E-state index contributed by atoms with van der Waals surface area (Å²) in [7, 11) is 3.53. The first-order valence-electron chi connectivity index (χ1n) is 13.2. The van der Waals surface area contributed by atoms with E-state index in [1.165, 1.54) is 11.0 Å². The van der Waals surface area contributed by atoms with Crippen LogP contribution in [0.2, 0.25) is 0 Å². The van der Waals surface area contributed by atoms with Gasteiger partial charge in [-0.05, 0) is 68.1 Å². The number of hydrogen-bond acceptors (Lipinski definition) is 6. The molecular weight excluding hydrogens is 515 g/mol. The Morgan fingerprint density at radius 2 is 2.02 bits per heavy atom. The number of nitrogens with one attached hydrogen (secondary N) is 1. The van der Waals surface area contributed by atoms with E-state index in [0.29, 0.717) is 24.1 Å². The number of fused-ring (bicyclic) bond motifs is 1. The van der Waals surface area contributed by atoms with Crippen molar-refractivity contribution in [3.8, 4) is 22.9 Å². The van der Waals surface area contributed by atoms with Crippen molar-refractivity contribution in [3.05, 3.63) is 54.0 Å². The first-order chi connectivity index (χ1) is 19.0. The van der Waals surface area contributed by atoms with Gasteiger partial charge in [-0.1, -0.05) is 12.1 Å². The van der Waals surface area contributed by atoms with E-state index in [4.69, 9.17) is 14.2 Å². The monoisotopic (exact) mass is 550 g/mol. The highest BCUT2D eigenvalue weighted by atomic mass is 19.1. The van der Waals surface area contributed by atoms with Crippen LogP contribution in [0.4, 0.5) is 9.18 Å². The predicted molar refractivity (Wildman–Crippen MR) is 148 cm³/mol. The number of rotatable bonds is 6. The highest BCUT2D eigenvalue weighted by Crippen LogP contribution is 2.35. The van der Waals surface area contributed by atoms with Crippen molar-refractivity contribution in [1.82, 2.24) is 14.8 Å². The summed E-state index contributed by atoms with van der Waals surface area (Å²) in [5.74, 6) is -0.291. The van der Waals surface area contributed by atoms with Crippen LogP contribution in [0.3, 0.4) is 0 Å². The lowest BCUT2D eigenvalue weighted by atomic mass is 9.97. The highest BCUT2D eigenvalue weighted by molar-refractivity contribution is 5.98. The number of nitrogens with zero attached hydrogens (tertiary/aromatic N) is 3. The zero-order valence-corrected chi connectivity index (χ0v) is 23.5. The molecule has 1 aliphatic rings. The first-order valence-corrected chi connectivity index (χ1v) is 13.2. The van der Waals surface area contributed by atoms with E-state index in [2.05, 4.69) is 5.32 Å². The molecule has 1 aliphatic heterocycles. The number of halogens is 1. The number of nitriles is 1. The van der Waals surface area contributed by atoms with Gasteiger partial charge in [0.2, 0.25) is 0 Å². The van der Waals surface area contributed by atoms with E-state index in [1.807, 2.05) is 42.1 Å². The summed E-state index contributed by atoms with van der Waals surface area (Å²) in [6, 6.07) is 11.6. The molecule has 2 amide bonds. The van der Waals surface area contributed by atoms with Crippen LogP contribution in [-0.4, -0.2) is 66.0 Å². The molecule has 3 aromatic rings. The van der Waals surface area contributed by atoms with Gasteiger partial charge < -0.3 is 29.0 Å². The Hall–Kier alpha value is -4.10.